The summed E-state index contributed by atoms with van der Waals surface area (Å²) in [6.07, 6.45) is 1.13. The third kappa shape index (κ3) is 3.27. The number of aliphatic hydroxyl groups is 1. The van der Waals surface area contributed by atoms with Gasteiger partial charge >= 0.3 is 0 Å². The fraction of sp³-hybridized carbons (Fsp3) is 0.381. The van der Waals surface area contributed by atoms with E-state index in [0.717, 1.165) is 35.5 Å². The third-order valence-electron chi connectivity index (χ3n) is 5.34. The first-order valence-corrected chi connectivity index (χ1v) is 9.34. The Morgan fingerprint density at radius 3 is 2.86 bits per heavy atom. The van der Waals surface area contributed by atoms with Crippen molar-refractivity contribution in [1.29, 1.82) is 0 Å². The van der Waals surface area contributed by atoms with Crippen LogP contribution in [0.5, 0.6) is 0 Å². The van der Waals surface area contributed by atoms with Gasteiger partial charge in [0.05, 0.1) is 5.69 Å². The van der Waals surface area contributed by atoms with Gasteiger partial charge in [0.1, 0.15) is 11.6 Å². The van der Waals surface area contributed by atoms with E-state index in [4.69, 9.17) is 5.73 Å². The zero-order valence-electron chi connectivity index (χ0n) is 16.1. The van der Waals surface area contributed by atoms with E-state index in [0.29, 0.717) is 31.2 Å². The number of carbonyl (C=O) groups is 1. The lowest BCUT2D eigenvalue weighted by atomic mass is 10.0. The molecule has 3 N–H and O–H groups in total. The maximum atomic E-state index is 12.1. The van der Waals surface area contributed by atoms with Gasteiger partial charge < -0.3 is 20.6 Å². The molecule has 144 valence electrons. The van der Waals surface area contributed by atoms with E-state index in [1.807, 2.05) is 31.2 Å². The highest BCUT2D eigenvalue weighted by atomic mass is 16.3. The number of rotatable bonds is 1. The molecule has 2 aliphatic rings. The van der Waals surface area contributed by atoms with Gasteiger partial charge in [0.25, 0.3) is 5.91 Å². The average molecular weight is 377 g/mol. The SMILES string of the molecule is Cc1nc(N)c2c(n1)CCN(c1cccc(C#C[C@]3(O)CCN(C)C3=O)c1)C2. The van der Waals surface area contributed by atoms with E-state index in [2.05, 4.69) is 26.7 Å². The topological polar surface area (TPSA) is 95.6 Å². The number of likely N-dealkylation sites (N-methyl/N-ethyl adjacent to an activating group) is 1. The Morgan fingerprint density at radius 2 is 2.11 bits per heavy atom. The second kappa shape index (κ2) is 6.80. The minimum Gasteiger partial charge on any atom is -0.383 e. The van der Waals surface area contributed by atoms with Crippen LogP contribution in [0.15, 0.2) is 24.3 Å². The van der Waals surface area contributed by atoms with Gasteiger partial charge in [0, 0.05) is 56.3 Å². The van der Waals surface area contributed by atoms with Crippen molar-refractivity contribution < 1.29 is 9.90 Å². The van der Waals surface area contributed by atoms with Crippen molar-refractivity contribution in [1.82, 2.24) is 14.9 Å². The van der Waals surface area contributed by atoms with Crippen LogP contribution in [0.3, 0.4) is 0 Å². The van der Waals surface area contributed by atoms with Crippen molar-refractivity contribution >= 4 is 17.4 Å². The van der Waals surface area contributed by atoms with E-state index < -0.39 is 5.60 Å². The Bertz CT molecular complexity index is 1010. The second-order valence-electron chi connectivity index (χ2n) is 7.39. The molecule has 1 amide bonds. The summed E-state index contributed by atoms with van der Waals surface area (Å²) in [7, 11) is 1.67. The maximum absolute atomic E-state index is 12.1. The van der Waals surface area contributed by atoms with Crippen LogP contribution in [-0.2, 0) is 17.8 Å². The van der Waals surface area contributed by atoms with Gasteiger partial charge in [-0.3, -0.25) is 4.79 Å². The van der Waals surface area contributed by atoms with Gasteiger partial charge in [-0.05, 0) is 25.1 Å². The number of amides is 1. The summed E-state index contributed by atoms with van der Waals surface area (Å²) in [5.41, 5.74) is 8.28. The number of carbonyl (C=O) groups excluding carboxylic acids is 1. The van der Waals surface area contributed by atoms with Crippen LogP contribution in [-0.4, -0.2) is 51.6 Å². The number of hydrogen-bond donors (Lipinski definition) is 2. The van der Waals surface area contributed by atoms with Gasteiger partial charge in [0.15, 0.2) is 0 Å². The molecule has 1 aromatic heterocycles. The minimum absolute atomic E-state index is 0.330. The molecule has 0 radical (unpaired) electrons. The molecule has 0 spiro atoms. The molecule has 1 atom stereocenters. The molecule has 7 heteroatoms. The summed E-state index contributed by atoms with van der Waals surface area (Å²) < 4.78 is 0. The number of nitrogen functional groups attached to an aromatic ring is 1. The number of nitrogens with two attached hydrogens (primary N) is 1. The van der Waals surface area contributed by atoms with Gasteiger partial charge in [0.2, 0.25) is 5.60 Å². The molecule has 1 saturated heterocycles. The Hall–Kier alpha value is -3.11. The van der Waals surface area contributed by atoms with Crippen molar-refractivity contribution in [2.45, 2.75) is 31.9 Å². The molecule has 2 aliphatic heterocycles. The Kier molecular flexibility index (Phi) is 4.44. The summed E-state index contributed by atoms with van der Waals surface area (Å²) in [6, 6.07) is 7.79. The van der Waals surface area contributed by atoms with Crippen LogP contribution in [0.4, 0.5) is 11.5 Å². The van der Waals surface area contributed by atoms with Gasteiger partial charge in [-0.15, -0.1) is 0 Å². The van der Waals surface area contributed by atoms with Gasteiger partial charge in [-0.25, -0.2) is 9.97 Å². The van der Waals surface area contributed by atoms with Crippen LogP contribution in [0.2, 0.25) is 0 Å². The monoisotopic (exact) mass is 377 g/mol. The van der Waals surface area contributed by atoms with Gasteiger partial charge in [-0.2, -0.15) is 0 Å². The van der Waals surface area contributed by atoms with Crippen molar-refractivity contribution in [2.75, 3.05) is 30.8 Å². The number of anilines is 2. The van der Waals surface area contributed by atoms with Crippen molar-refractivity contribution in [3.63, 3.8) is 0 Å². The molecule has 0 saturated carbocycles. The molecule has 1 aromatic carbocycles. The highest BCUT2D eigenvalue weighted by Crippen LogP contribution is 2.27. The normalized spacial score (nSPS) is 21.3. The number of benzene rings is 1. The number of nitrogens with zero attached hydrogens (tertiary/aromatic N) is 4. The first kappa shape index (κ1) is 18.3. The van der Waals surface area contributed by atoms with E-state index in [9.17, 15) is 9.90 Å². The van der Waals surface area contributed by atoms with Crippen molar-refractivity contribution in [3.8, 4) is 11.8 Å². The van der Waals surface area contributed by atoms with Gasteiger partial charge in [-0.1, -0.05) is 17.9 Å². The molecule has 0 bridgehead atoms. The standard InChI is InChI=1S/C21H23N5O2/c1-14-23-18-7-10-26(13-17(18)19(22)24-14)16-5-3-4-15(12-16)6-8-21(28)9-11-25(2)20(21)27/h3-5,12,28H,7,9-11,13H2,1-2H3,(H2,22,23,24)/t21-/m0/s1. The highest BCUT2D eigenvalue weighted by Gasteiger charge is 2.42. The van der Waals surface area contributed by atoms with Crippen LogP contribution in [0.1, 0.15) is 29.1 Å². The highest BCUT2D eigenvalue weighted by molar-refractivity contribution is 5.90. The van der Waals surface area contributed by atoms with Crippen LogP contribution < -0.4 is 10.6 Å². The summed E-state index contributed by atoms with van der Waals surface area (Å²) >= 11 is 0. The predicted octanol–water partition coefficient (Wildman–Crippen LogP) is 0.875. The molecule has 1 fully saturated rings. The minimum atomic E-state index is -1.58. The van der Waals surface area contributed by atoms with Crippen LogP contribution in [0.25, 0.3) is 0 Å². The number of likely N-dealkylation sites (tertiary alicyclic amines) is 1. The molecule has 4 rings (SSSR count). The fourth-order valence-electron chi connectivity index (χ4n) is 3.71. The van der Waals surface area contributed by atoms with Crippen molar-refractivity contribution in [3.05, 3.63) is 46.9 Å². The molecular formula is C21H23N5O2. The lowest BCUT2D eigenvalue weighted by Gasteiger charge is -2.30. The van der Waals surface area contributed by atoms with Crippen LogP contribution in [0, 0.1) is 18.8 Å². The molecule has 0 unspecified atom stereocenters. The van der Waals surface area contributed by atoms with E-state index in [1.165, 1.54) is 4.90 Å². The lowest BCUT2D eigenvalue weighted by molar-refractivity contribution is -0.137. The fourth-order valence-corrected chi connectivity index (χ4v) is 3.71. The smallest absolute Gasteiger partial charge is 0.267 e. The molecule has 0 aliphatic carbocycles. The molecule has 28 heavy (non-hydrogen) atoms. The first-order chi connectivity index (χ1) is 13.4. The second-order valence-corrected chi connectivity index (χ2v) is 7.39. The third-order valence-corrected chi connectivity index (χ3v) is 5.34. The Labute approximate surface area is 164 Å². The summed E-state index contributed by atoms with van der Waals surface area (Å²) in [5, 5.41) is 10.5. The van der Waals surface area contributed by atoms with Crippen LogP contribution >= 0.6 is 0 Å². The molecule has 2 aromatic rings. The summed E-state index contributed by atoms with van der Waals surface area (Å²) in [5.74, 6) is 6.64. The number of aryl methyl sites for hydroxylation is 1. The van der Waals surface area contributed by atoms with E-state index >= 15 is 0 Å². The zero-order chi connectivity index (χ0) is 19.9. The first-order valence-electron chi connectivity index (χ1n) is 9.34. The van der Waals surface area contributed by atoms with Crippen molar-refractivity contribution in [2.24, 2.45) is 0 Å². The van der Waals surface area contributed by atoms with E-state index in [1.54, 1.807) is 7.05 Å². The molecular weight excluding hydrogens is 354 g/mol. The van der Waals surface area contributed by atoms with E-state index in [-0.39, 0.29) is 5.91 Å². The molecule has 3 heterocycles. The average Bonchev–Trinajstić information content (AvgIpc) is 2.94. The largest absolute Gasteiger partial charge is 0.383 e. The number of aromatic nitrogens is 2. The number of hydrogen-bond acceptors (Lipinski definition) is 6. The quantitative estimate of drug-likeness (QED) is 0.716. The predicted molar refractivity (Wildman–Crippen MR) is 106 cm³/mol. The summed E-state index contributed by atoms with van der Waals surface area (Å²) in [4.78, 5) is 24.6. The molecule has 7 nitrogen and oxygen atoms in total. The lowest BCUT2D eigenvalue weighted by Crippen LogP contribution is -2.37. The maximum Gasteiger partial charge on any atom is 0.267 e. The number of fused-ring (bicyclic) bond motifs is 1. The zero-order valence-corrected chi connectivity index (χ0v) is 16.1. The summed E-state index contributed by atoms with van der Waals surface area (Å²) in [6.45, 7) is 3.84. The Balaban J connectivity index is 1.57. The Morgan fingerprint density at radius 1 is 1.29 bits per heavy atom.